The van der Waals surface area contributed by atoms with E-state index in [1.54, 1.807) is 0 Å². The van der Waals surface area contributed by atoms with Gasteiger partial charge in [0.1, 0.15) is 17.3 Å². The lowest BCUT2D eigenvalue weighted by Crippen LogP contribution is -2.42. The largest absolute Gasteiger partial charge is 0.507 e. The number of amides is 1. The number of aliphatic hydroxyl groups is 1. The summed E-state index contributed by atoms with van der Waals surface area (Å²) in [6.45, 7) is 3.34. The molecule has 2 N–H and O–H groups in total. The summed E-state index contributed by atoms with van der Waals surface area (Å²) in [7, 11) is 0. The van der Waals surface area contributed by atoms with Crippen molar-refractivity contribution in [1.82, 2.24) is 9.80 Å². The fourth-order valence-electron chi connectivity index (χ4n) is 4.02. The van der Waals surface area contributed by atoms with Crippen LogP contribution in [0.3, 0.4) is 0 Å². The minimum atomic E-state index is -0.935. The van der Waals surface area contributed by atoms with Crippen LogP contribution in [0.25, 0.3) is 5.76 Å². The molecule has 2 aliphatic rings. The van der Waals surface area contributed by atoms with Gasteiger partial charge in [-0.2, -0.15) is 0 Å². The number of rotatable bonds is 5. The fraction of sp³-hybridized carbons (Fsp3) is 0.304. The lowest BCUT2D eigenvalue weighted by atomic mass is 9.95. The third-order valence-corrected chi connectivity index (χ3v) is 5.94. The third-order valence-electron chi connectivity index (χ3n) is 5.70. The van der Waals surface area contributed by atoms with Crippen LogP contribution in [-0.4, -0.2) is 71.1 Å². The van der Waals surface area contributed by atoms with Crippen molar-refractivity contribution in [2.45, 2.75) is 6.04 Å². The molecule has 4 rings (SSSR count). The van der Waals surface area contributed by atoms with E-state index in [9.17, 15) is 24.2 Å². The first-order valence-electron chi connectivity index (χ1n) is 10.2. The molecule has 0 aromatic heterocycles. The molecule has 9 heteroatoms. The molecule has 1 atom stereocenters. The summed E-state index contributed by atoms with van der Waals surface area (Å²) in [5.41, 5.74) is 0.229. The number of aromatic hydroxyl groups is 1. The smallest absolute Gasteiger partial charge is 0.295 e. The fourth-order valence-corrected chi connectivity index (χ4v) is 4.19. The van der Waals surface area contributed by atoms with Gasteiger partial charge in [-0.1, -0.05) is 23.7 Å². The van der Waals surface area contributed by atoms with Crippen molar-refractivity contribution in [3.8, 4) is 5.75 Å². The number of Topliss-reactive ketones (excluding diaryl/α,β-unsaturated/α-hetero) is 1. The molecule has 0 saturated carbocycles. The van der Waals surface area contributed by atoms with Gasteiger partial charge in [-0.3, -0.25) is 14.5 Å². The van der Waals surface area contributed by atoms with E-state index in [4.69, 9.17) is 16.3 Å². The predicted molar refractivity (Wildman–Crippen MR) is 116 cm³/mol. The molecule has 0 bridgehead atoms. The van der Waals surface area contributed by atoms with Crippen LogP contribution >= 0.6 is 11.6 Å². The number of phenolic OH excluding ortho intramolecular Hbond substituents is 1. The number of hydrogen-bond acceptors (Lipinski definition) is 6. The van der Waals surface area contributed by atoms with E-state index in [0.717, 1.165) is 0 Å². The Morgan fingerprint density at radius 1 is 1.09 bits per heavy atom. The van der Waals surface area contributed by atoms with Crippen molar-refractivity contribution in [2.24, 2.45) is 0 Å². The number of aliphatic hydroxyl groups excluding tert-OH is 1. The number of benzene rings is 2. The number of carbonyl (C=O) groups excluding carboxylic acids is 2. The summed E-state index contributed by atoms with van der Waals surface area (Å²) in [4.78, 5) is 29.4. The number of ketones is 1. The summed E-state index contributed by atoms with van der Waals surface area (Å²) >= 11 is 6.00. The Bertz CT molecular complexity index is 1070. The Hall–Kier alpha value is -2.94. The second-order valence-corrected chi connectivity index (χ2v) is 8.10. The number of ether oxygens (including phenoxy) is 1. The zero-order chi connectivity index (χ0) is 22.8. The van der Waals surface area contributed by atoms with E-state index < -0.39 is 29.3 Å². The van der Waals surface area contributed by atoms with Crippen LogP contribution in [-0.2, 0) is 14.3 Å². The van der Waals surface area contributed by atoms with Gasteiger partial charge < -0.3 is 19.8 Å². The second-order valence-electron chi connectivity index (χ2n) is 7.66. The predicted octanol–water partition coefficient (Wildman–Crippen LogP) is 2.94. The van der Waals surface area contributed by atoms with Crippen molar-refractivity contribution in [3.63, 3.8) is 0 Å². The monoisotopic (exact) mass is 460 g/mol. The highest BCUT2D eigenvalue weighted by molar-refractivity contribution is 6.46. The van der Waals surface area contributed by atoms with Gasteiger partial charge in [0.25, 0.3) is 11.7 Å². The maximum absolute atomic E-state index is 13.6. The molecular formula is C23H22ClFN2O5. The standard InChI is InChI=1S/C23H22ClFN2O5/c24-15-3-6-18(28)17(13-15)21(29)19-20(14-1-4-16(25)5-2-14)27(23(31)22(19)30)8-7-26-9-11-32-12-10-26/h1-6,13,20,28-29H,7-12H2/b21-19+. The zero-order valence-corrected chi connectivity index (χ0v) is 17.9. The minimum absolute atomic E-state index is 0.0595. The Morgan fingerprint density at radius 3 is 2.47 bits per heavy atom. The number of morpholine rings is 1. The summed E-state index contributed by atoms with van der Waals surface area (Å²) < 4.78 is 18.9. The van der Waals surface area contributed by atoms with Crippen LogP contribution < -0.4 is 0 Å². The van der Waals surface area contributed by atoms with Crippen LogP contribution in [0.4, 0.5) is 4.39 Å². The van der Waals surface area contributed by atoms with Gasteiger partial charge in [0.15, 0.2) is 0 Å². The van der Waals surface area contributed by atoms with Gasteiger partial charge in [0.05, 0.1) is 30.4 Å². The molecule has 2 aliphatic heterocycles. The minimum Gasteiger partial charge on any atom is -0.507 e. The van der Waals surface area contributed by atoms with Gasteiger partial charge in [-0.05, 0) is 35.9 Å². The lowest BCUT2D eigenvalue weighted by Gasteiger charge is -2.31. The molecule has 168 valence electrons. The SMILES string of the molecule is O=C1C(=O)N(CCN2CCOCC2)C(c2ccc(F)cc2)/C1=C(\O)c1cc(Cl)ccc1O. The molecule has 7 nitrogen and oxygen atoms in total. The van der Waals surface area contributed by atoms with Crippen molar-refractivity contribution in [2.75, 3.05) is 39.4 Å². The lowest BCUT2D eigenvalue weighted by molar-refractivity contribution is -0.140. The number of halogens is 2. The highest BCUT2D eigenvalue weighted by atomic mass is 35.5. The van der Waals surface area contributed by atoms with Gasteiger partial charge in [-0.25, -0.2) is 4.39 Å². The van der Waals surface area contributed by atoms with E-state index in [-0.39, 0.29) is 28.5 Å². The van der Waals surface area contributed by atoms with E-state index in [1.807, 2.05) is 0 Å². The number of phenols is 1. The van der Waals surface area contributed by atoms with Crippen LogP contribution in [0.15, 0.2) is 48.0 Å². The Kier molecular flexibility index (Phi) is 6.45. The summed E-state index contributed by atoms with van der Waals surface area (Å²) in [5.74, 6) is -2.93. The van der Waals surface area contributed by atoms with Gasteiger partial charge in [0.2, 0.25) is 0 Å². The van der Waals surface area contributed by atoms with Crippen LogP contribution in [0.1, 0.15) is 17.2 Å². The van der Waals surface area contributed by atoms with E-state index in [1.165, 1.54) is 47.4 Å². The highest BCUT2D eigenvalue weighted by Crippen LogP contribution is 2.41. The zero-order valence-electron chi connectivity index (χ0n) is 17.1. The molecule has 0 radical (unpaired) electrons. The molecule has 1 unspecified atom stereocenters. The van der Waals surface area contributed by atoms with Crippen LogP contribution in [0.2, 0.25) is 5.02 Å². The maximum atomic E-state index is 13.6. The molecular weight excluding hydrogens is 439 g/mol. The first-order chi connectivity index (χ1) is 15.4. The van der Waals surface area contributed by atoms with Crippen molar-refractivity contribution >= 4 is 29.1 Å². The third kappa shape index (κ3) is 4.34. The quantitative estimate of drug-likeness (QED) is 0.405. The van der Waals surface area contributed by atoms with Crippen molar-refractivity contribution in [3.05, 3.63) is 70.0 Å². The molecule has 2 saturated heterocycles. The number of nitrogens with zero attached hydrogens (tertiary/aromatic N) is 2. The summed E-state index contributed by atoms with van der Waals surface area (Å²) in [5, 5.41) is 21.5. The summed E-state index contributed by atoms with van der Waals surface area (Å²) in [6, 6.07) is 8.51. The van der Waals surface area contributed by atoms with Crippen molar-refractivity contribution in [1.29, 1.82) is 0 Å². The Morgan fingerprint density at radius 2 is 1.78 bits per heavy atom. The molecule has 0 aliphatic carbocycles. The molecule has 0 spiro atoms. The number of likely N-dealkylation sites (tertiary alicyclic amines) is 1. The average Bonchev–Trinajstić information content (AvgIpc) is 3.05. The first kappa shape index (κ1) is 22.3. The molecule has 2 fully saturated rings. The Balaban J connectivity index is 1.76. The van der Waals surface area contributed by atoms with E-state index in [0.29, 0.717) is 38.4 Å². The maximum Gasteiger partial charge on any atom is 0.295 e. The number of carbonyl (C=O) groups is 2. The summed E-state index contributed by atoms with van der Waals surface area (Å²) in [6.07, 6.45) is 0. The van der Waals surface area contributed by atoms with Crippen LogP contribution in [0, 0.1) is 5.82 Å². The average molecular weight is 461 g/mol. The molecule has 2 aromatic rings. The van der Waals surface area contributed by atoms with Gasteiger partial charge >= 0.3 is 0 Å². The molecule has 2 heterocycles. The molecule has 2 aromatic carbocycles. The molecule has 1 amide bonds. The number of hydrogen-bond donors (Lipinski definition) is 2. The topological polar surface area (TPSA) is 90.3 Å². The van der Waals surface area contributed by atoms with E-state index >= 15 is 0 Å². The Labute approximate surface area is 189 Å². The van der Waals surface area contributed by atoms with Crippen molar-refractivity contribution < 1.29 is 28.9 Å². The first-order valence-corrected chi connectivity index (χ1v) is 10.6. The second kappa shape index (κ2) is 9.28. The highest BCUT2D eigenvalue weighted by Gasteiger charge is 2.46. The normalized spacial score (nSPS) is 21.3. The van der Waals surface area contributed by atoms with Gasteiger partial charge in [0, 0.05) is 31.2 Å². The van der Waals surface area contributed by atoms with E-state index in [2.05, 4.69) is 4.90 Å². The van der Waals surface area contributed by atoms with Gasteiger partial charge in [-0.15, -0.1) is 0 Å². The molecule has 32 heavy (non-hydrogen) atoms. The van der Waals surface area contributed by atoms with Crippen LogP contribution in [0.5, 0.6) is 5.75 Å².